The Morgan fingerprint density at radius 1 is 1.30 bits per heavy atom. The molecule has 7 heteroatoms. The predicted molar refractivity (Wildman–Crippen MR) is 70.2 cm³/mol. The molecular formula is C13H20N2O5. The summed E-state index contributed by atoms with van der Waals surface area (Å²) >= 11 is 0. The fraction of sp³-hybridized carbons (Fsp3) is 0.615. The van der Waals surface area contributed by atoms with Crippen LogP contribution in [0.2, 0.25) is 0 Å². The average molecular weight is 284 g/mol. The molecule has 0 aliphatic carbocycles. The van der Waals surface area contributed by atoms with E-state index in [4.69, 9.17) is 9.47 Å². The van der Waals surface area contributed by atoms with Gasteiger partial charge in [-0.2, -0.15) is 5.10 Å². The quantitative estimate of drug-likeness (QED) is 0.783. The molecule has 0 saturated carbocycles. The molecule has 1 unspecified atom stereocenters. The Balaban J connectivity index is 3.16. The molecule has 1 aromatic heterocycles. The molecule has 0 spiro atoms. The zero-order valence-corrected chi connectivity index (χ0v) is 12.2. The highest BCUT2D eigenvalue weighted by molar-refractivity contribution is 5.92. The van der Waals surface area contributed by atoms with E-state index >= 15 is 0 Å². The van der Waals surface area contributed by atoms with Crippen LogP contribution in [-0.4, -0.2) is 40.0 Å². The fourth-order valence-electron chi connectivity index (χ4n) is 1.93. The van der Waals surface area contributed by atoms with Crippen LogP contribution in [0.4, 0.5) is 0 Å². The fourth-order valence-corrected chi connectivity index (χ4v) is 1.93. The number of aromatic nitrogens is 2. The first-order chi connectivity index (χ1) is 9.42. The van der Waals surface area contributed by atoms with Crippen LogP contribution < -0.4 is 0 Å². The second-order valence-electron chi connectivity index (χ2n) is 4.20. The lowest BCUT2D eigenvalue weighted by atomic mass is 10.1. The monoisotopic (exact) mass is 284 g/mol. The van der Waals surface area contributed by atoms with Gasteiger partial charge in [0.1, 0.15) is 12.1 Å². The van der Waals surface area contributed by atoms with E-state index in [-0.39, 0.29) is 31.0 Å². The Labute approximate surface area is 117 Å². The largest absolute Gasteiger partial charge is 0.465 e. The van der Waals surface area contributed by atoms with Crippen molar-refractivity contribution < 1.29 is 24.2 Å². The van der Waals surface area contributed by atoms with Gasteiger partial charge in [0.15, 0.2) is 0 Å². The van der Waals surface area contributed by atoms with Gasteiger partial charge in [0, 0.05) is 0 Å². The van der Waals surface area contributed by atoms with E-state index in [0.29, 0.717) is 5.69 Å². The topological polar surface area (TPSA) is 90.7 Å². The van der Waals surface area contributed by atoms with E-state index in [1.165, 1.54) is 11.6 Å². The smallest absolute Gasteiger partial charge is 0.342 e. The van der Waals surface area contributed by atoms with Crippen molar-refractivity contribution >= 4 is 11.9 Å². The van der Waals surface area contributed by atoms with E-state index in [1.807, 2.05) is 0 Å². The van der Waals surface area contributed by atoms with Crippen LogP contribution in [0.5, 0.6) is 0 Å². The normalized spacial score (nSPS) is 12.1. The average Bonchev–Trinajstić information content (AvgIpc) is 2.66. The first kappa shape index (κ1) is 16.2. The maximum Gasteiger partial charge on any atom is 0.342 e. The zero-order chi connectivity index (χ0) is 15.3. The number of nitrogens with zero attached hydrogens (tertiary/aromatic N) is 2. The Morgan fingerprint density at radius 3 is 2.40 bits per heavy atom. The van der Waals surface area contributed by atoms with Crippen LogP contribution in [0.3, 0.4) is 0 Å². The van der Waals surface area contributed by atoms with E-state index < -0.39 is 18.0 Å². The minimum atomic E-state index is -0.954. The van der Waals surface area contributed by atoms with Gasteiger partial charge in [-0.1, -0.05) is 0 Å². The van der Waals surface area contributed by atoms with Crippen LogP contribution in [0.15, 0.2) is 0 Å². The first-order valence-electron chi connectivity index (χ1n) is 6.50. The summed E-state index contributed by atoms with van der Waals surface area (Å²) in [5, 5.41) is 14.0. The van der Waals surface area contributed by atoms with Crippen molar-refractivity contribution in [3.05, 3.63) is 17.0 Å². The van der Waals surface area contributed by atoms with Gasteiger partial charge in [-0.05, 0) is 27.7 Å². The third-order valence-electron chi connectivity index (χ3n) is 2.63. The lowest BCUT2D eigenvalue weighted by Crippen LogP contribution is -2.19. The summed E-state index contributed by atoms with van der Waals surface area (Å²) in [5.74, 6) is -1.04. The second kappa shape index (κ2) is 7.04. The van der Waals surface area contributed by atoms with Crippen molar-refractivity contribution in [1.82, 2.24) is 9.78 Å². The third kappa shape index (κ3) is 3.57. The molecule has 1 atom stereocenters. The molecule has 0 aromatic carbocycles. The van der Waals surface area contributed by atoms with Gasteiger partial charge in [-0.3, -0.25) is 9.48 Å². The predicted octanol–water partition coefficient (Wildman–Crippen LogP) is 0.985. The lowest BCUT2D eigenvalue weighted by molar-refractivity contribution is -0.144. The van der Waals surface area contributed by atoms with Crippen molar-refractivity contribution in [2.45, 2.75) is 40.3 Å². The van der Waals surface area contributed by atoms with Gasteiger partial charge >= 0.3 is 11.9 Å². The Kier molecular flexibility index (Phi) is 5.69. The van der Waals surface area contributed by atoms with Crippen LogP contribution in [0.25, 0.3) is 0 Å². The molecule has 1 N–H and O–H groups in total. The maximum absolute atomic E-state index is 11.9. The number of aryl methyl sites for hydroxylation is 1. The number of hydrogen-bond acceptors (Lipinski definition) is 6. The van der Waals surface area contributed by atoms with Crippen molar-refractivity contribution in [1.29, 1.82) is 0 Å². The number of carbonyl (C=O) groups excluding carboxylic acids is 2. The molecule has 20 heavy (non-hydrogen) atoms. The number of esters is 2. The molecule has 0 fully saturated rings. The highest BCUT2D eigenvalue weighted by Crippen LogP contribution is 2.22. The van der Waals surface area contributed by atoms with Crippen LogP contribution >= 0.6 is 0 Å². The third-order valence-corrected chi connectivity index (χ3v) is 2.63. The molecule has 0 radical (unpaired) electrons. The number of carbonyl (C=O) groups is 2. The van der Waals surface area contributed by atoms with Gasteiger partial charge in [-0.15, -0.1) is 0 Å². The second-order valence-corrected chi connectivity index (χ2v) is 4.20. The summed E-state index contributed by atoms with van der Waals surface area (Å²) in [7, 11) is 0. The van der Waals surface area contributed by atoms with Crippen LogP contribution in [0, 0.1) is 6.92 Å². The lowest BCUT2D eigenvalue weighted by Gasteiger charge is -2.11. The Hall–Kier alpha value is -1.89. The van der Waals surface area contributed by atoms with Gasteiger partial charge in [0.25, 0.3) is 0 Å². The molecule has 112 valence electrons. The van der Waals surface area contributed by atoms with Gasteiger partial charge in [0.05, 0.1) is 30.7 Å². The number of aliphatic hydroxyl groups excluding tert-OH is 1. The van der Waals surface area contributed by atoms with Crippen molar-refractivity contribution in [3.8, 4) is 0 Å². The highest BCUT2D eigenvalue weighted by Gasteiger charge is 2.26. The number of aliphatic hydroxyl groups is 1. The van der Waals surface area contributed by atoms with Crippen LogP contribution in [0.1, 0.15) is 48.6 Å². The maximum atomic E-state index is 11.9. The molecule has 0 aliphatic heterocycles. The van der Waals surface area contributed by atoms with E-state index in [9.17, 15) is 14.7 Å². The SMILES string of the molecule is CCOC(=O)Cn1nc(C)c(C(=O)OCC)c1C(C)O. The summed E-state index contributed by atoms with van der Waals surface area (Å²) < 4.78 is 11.1. The summed E-state index contributed by atoms with van der Waals surface area (Å²) in [6.07, 6.45) is -0.954. The minimum absolute atomic E-state index is 0.158. The standard InChI is InChI=1S/C13H20N2O5/c1-5-19-10(17)7-15-12(9(4)16)11(8(3)14-15)13(18)20-6-2/h9,16H,5-7H2,1-4H3. The molecule has 0 saturated heterocycles. The van der Waals surface area contributed by atoms with Gasteiger partial charge in [-0.25, -0.2) is 4.79 Å². The molecule has 1 rings (SSSR count). The van der Waals surface area contributed by atoms with Gasteiger partial charge in [0.2, 0.25) is 0 Å². The number of hydrogen-bond donors (Lipinski definition) is 1. The van der Waals surface area contributed by atoms with Crippen molar-refractivity contribution in [3.63, 3.8) is 0 Å². The molecule has 0 aliphatic rings. The highest BCUT2D eigenvalue weighted by atomic mass is 16.5. The Bertz CT molecular complexity index is 493. The minimum Gasteiger partial charge on any atom is -0.465 e. The summed E-state index contributed by atoms with van der Waals surface area (Å²) in [6, 6.07) is 0. The summed E-state index contributed by atoms with van der Waals surface area (Å²) in [5.41, 5.74) is 0.865. The zero-order valence-electron chi connectivity index (χ0n) is 12.2. The van der Waals surface area contributed by atoms with E-state index in [1.54, 1.807) is 20.8 Å². The molecule has 1 heterocycles. The van der Waals surface area contributed by atoms with E-state index in [0.717, 1.165) is 0 Å². The number of ether oxygens (including phenoxy) is 2. The summed E-state index contributed by atoms with van der Waals surface area (Å²) in [6.45, 7) is 6.84. The molecule has 1 aromatic rings. The van der Waals surface area contributed by atoms with E-state index in [2.05, 4.69) is 5.10 Å². The van der Waals surface area contributed by atoms with Crippen molar-refractivity contribution in [2.24, 2.45) is 0 Å². The van der Waals surface area contributed by atoms with Crippen LogP contribution in [-0.2, 0) is 20.8 Å². The first-order valence-corrected chi connectivity index (χ1v) is 6.50. The molecular weight excluding hydrogens is 264 g/mol. The molecule has 0 bridgehead atoms. The molecule has 0 amide bonds. The number of rotatable bonds is 6. The van der Waals surface area contributed by atoms with Crippen molar-refractivity contribution in [2.75, 3.05) is 13.2 Å². The summed E-state index contributed by atoms with van der Waals surface area (Å²) in [4.78, 5) is 23.4. The van der Waals surface area contributed by atoms with Gasteiger partial charge < -0.3 is 14.6 Å². The molecule has 7 nitrogen and oxygen atoms in total. The Morgan fingerprint density at radius 2 is 1.90 bits per heavy atom.